The van der Waals surface area contributed by atoms with Crippen LogP contribution in [0, 0.1) is 11.3 Å². The zero-order chi connectivity index (χ0) is 13.2. The Morgan fingerprint density at radius 1 is 1.17 bits per heavy atom. The van der Waals surface area contributed by atoms with Crippen molar-refractivity contribution >= 4 is 0 Å². The van der Waals surface area contributed by atoms with Crippen molar-refractivity contribution in [1.29, 1.82) is 5.26 Å². The maximum Gasteiger partial charge on any atom is 0.119 e. The first-order valence-corrected chi connectivity index (χ1v) is 6.61. The average molecular weight is 246 g/mol. The van der Waals surface area contributed by atoms with Crippen LogP contribution >= 0.6 is 0 Å². The summed E-state index contributed by atoms with van der Waals surface area (Å²) in [5.41, 5.74) is 1.03. The van der Waals surface area contributed by atoms with Crippen LogP contribution in [-0.4, -0.2) is 31.1 Å². The summed E-state index contributed by atoms with van der Waals surface area (Å²) in [5.74, 6) is 0.879. The molecule has 0 aromatic heterocycles. The van der Waals surface area contributed by atoms with Gasteiger partial charge in [0.25, 0.3) is 0 Å². The highest BCUT2D eigenvalue weighted by atomic mass is 16.5. The molecule has 98 valence electrons. The van der Waals surface area contributed by atoms with E-state index in [-0.39, 0.29) is 0 Å². The summed E-state index contributed by atoms with van der Waals surface area (Å²) in [5, 5.41) is 8.58. The standard InChI is InChI=1S/C15H22N2O/c1-3-11-17(4-2)12-13-18-15-7-5-14(6-8-15)9-10-16/h5-8H,3-4,9,11-13H2,1-2H3. The molecule has 0 aliphatic rings. The number of hydrogen-bond acceptors (Lipinski definition) is 3. The van der Waals surface area contributed by atoms with Crippen molar-refractivity contribution in [2.45, 2.75) is 26.7 Å². The molecule has 0 spiro atoms. The molecule has 1 aromatic carbocycles. The summed E-state index contributed by atoms with van der Waals surface area (Å²) >= 11 is 0. The second-order valence-corrected chi connectivity index (χ2v) is 4.26. The van der Waals surface area contributed by atoms with Gasteiger partial charge < -0.3 is 9.64 Å². The molecule has 3 heteroatoms. The van der Waals surface area contributed by atoms with Crippen LogP contribution in [-0.2, 0) is 6.42 Å². The van der Waals surface area contributed by atoms with Gasteiger partial charge in [-0.05, 0) is 37.2 Å². The van der Waals surface area contributed by atoms with Gasteiger partial charge in [0.15, 0.2) is 0 Å². The fourth-order valence-corrected chi connectivity index (χ4v) is 1.83. The zero-order valence-electron chi connectivity index (χ0n) is 11.4. The van der Waals surface area contributed by atoms with Crippen molar-refractivity contribution in [2.75, 3.05) is 26.2 Å². The Hall–Kier alpha value is -1.53. The smallest absolute Gasteiger partial charge is 0.119 e. The summed E-state index contributed by atoms with van der Waals surface area (Å²) in [7, 11) is 0. The van der Waals surface area contributed by atoms with Crippen LogP contribution in [0.2, 0.25) is 0 Å². The van der Waals surface area contributed by atoms with Crippen molar-refractivity contribution in [3.8, 4) is 11.8 Å². The Balaban J connectivity index is 2.32. The van der Waals surface area contributed by atoms with Crippen molar-refractivity contribution in [3.63, 3.8) is 0 Å². The topological polar surface area (TPSA) is 36.3 Å². The van der Waals surface area contributed by atoms with Crippen LogP contribution in [0.15, 0.2) is 24.3 Å². The normalized spacial score (nSPS) is 10.3. The molecule has 3 nitrogen and oxygen atoms in total. The molecule has 1 rings (SSSR count). The summed E-state index contributed by atoms with van der Waals surface area (Å²) < 4.78 is 5.69. The molecule has 0 unspecified atom stereocenters. The van der Waals surface area contributed by atoms with Gasteiger partial charge in [-0.3, -0.25) is 0 Å². The van der Waals surface area contributed by atoms with Crippen LogP contribution in [0.25, 0.3) is 0 Å². The summed E-state index contributed by atoms with van der Waals surface area (Å²) in [6.07, 6.45) is 1.64. The number of ether oxygens (including phenoxy) is 1. The van der Waals surface area contributed by atoms with Gasteiger partial charge in [-0.25, -0.2) is 0 Å². The molecular formula is C15H22N2O. The lowest BCUT2D eigenvalue weighted by atomic mass is 10.2. The van der Waals surface area contributed by atoms with Crippen molar-refractivity contribution in [3.05, 3.63) is 29.8 Å². The predicted octanol–water partition coefficient (Wildman–Crippen LogP) is 2.86. The van der Waals surface area contributed by atoms with Crippen LogP contribution < -0.4 is 4.74 Å². The third-order valence-corrected chi connectivity index (χ3v) is 2.87. The summed E-state index contributed by atoms with van der Waals surface area (Å²) in [6.45, 7) is 8.23. The van der Waals surface area contributed by atoms with Gasteiger partial charge in [-0.15, -0.1) is 0 Å². The second-order valence-electron chi connectivity index (χ2n) is 4.26. The maximum absolute atomic E-state index is 8.58. The van der Waals surface area contributed by atoms with E-state index in [1.165, 1.54) is 6.42 Å². The van der Waals surface area contributed by atoms with Crippen molar-refractivity contribution in [1.82, 2.24) is 4.90 Å². The van der Waals surface area contributed by atoms with E-state index >= 15 is 0 Å². The quantitative estimate of drug-likeness (QED) is 0.707. The number of nitrogens with zero attached hydrogens (tertiary/aromatic N) is 2. The van der Waals surface area contributed by atoms with Gasteiger partial charge in [0.1, 0.15) is 12.4 Å². The molecule has 0 fully saturated rings. The maximum atomic E-state index is 8.58. The SMILES string of the molecule is CCCN(CC)CCOc1ccc(CC#N)cc1. The van der Waals surface area contributed by atoms with Crippen LogP contribution in [0.3, 0.4) is 0 Å². The largest absolute Gasteiger partial charge is 0.492 e. The minimum atomic E-state index is 0.459. The minimum Gasteiger partial charge on any atom is -0.492 e. The summed E-state index contributed by atoms with van der Waals surface area (Å²) in [6, 6.07) is 9.90. The van der Waals surface area contributed by atoms with E-state index < -0.39 is 0 Å². The first-order valence-electron chi connectivity index (χ1n) is 6.61. The Morgan fingerprint density at radius 3 is 2.44 bits per heavy atom. The average Bonchev–Trinajstić information content (AvgIpc) is 2.40. The minimum absolute atomic E-state index is 0.459. The number of rotatable bonds is 8. The number of nitriles is 1. The van der Waals surface area contributed by atoms with Gasteiger partial charge >= 0.3 is 0 Å². The molecule has 0 saturated carbocycles. The van der Waals surface area contributed by atoms with E-state index in [0.717, 1.165) is 30.9 Å². The van der Waals surface area contributed by atoms with E-state index in [9.17, 15) is 0 Å². The van der Waals surface area contributed by atoms with Gasteiger partial charge in [0.2, 0.25) is 0 Å². The molecule has 0 atom stereocenters. The van der Waals surface area contributed by atoms with E-state index in [1.807, 2.05) is 24.3 Å². The van der Waals surface area contributed by atoms with Crippen LogP contribution in [0.4, 0.5) is 0 Å². The number of benzene rings is 1. The molecule has 0 heterocycles. The van der Waals surface area contributed by atoms with Gasteiger partial charge in [0.05, 0.1) is 12.5 Å². The molecule has 1 aromatic rings. The molecule has 0 N–H and O–H groups in total. The second kappa shape index (κ2) is 8.54. The number of hydrogen-bond donors (Lipinski definition) is 0. The lowest BCUT2D eigenvalue weighted by Gasteiger charge is -2.19. The van der Waals surface area contributed by atoms with E-state index in [2.05, 4.69) is 24.8 Å². The monoisotopic (exact) mass is 246 g/mol. The van der Waals surface area contributed by atoms with Crippen LogP contribution in [0.5, 0.6) is 5.75 Å². The number of likely N-dealkylation sites (N-methyl/N-ethyl adjacent to an activating group) is 1. The predicted molar refractivity (Wildman–Crippen MR) is 73.7 cm³/mol. The molecule has 18 heavy (non-hydrogen) atoms. The molecule has 0 bridgehead atoms. The Labute approximate surface area is 110 Å². The Morgan fingerprint density at radius 2 is 1.89 bits per heavy atom. The van der Waals surface area contributed by atoms with Gasteiger partial charge in [-0.2, -0.15) is 5.26 Å². The van der Waals surface area contributed by atoms with E-state index in [0.29, 0.717) is 13.0 Å². The Bertz CT molecular complexity index is 367. The molecular weight excluding hydrogens is 224 g/mol. The molecule has 0 radical (unpaired) electrons. The highest BCUT2D eigenvalue weighted by Crippen LogP contribution is 2.12. The van der Waals surface area contributed by atoms with Gasteiger partial charge in [0, 0.05) is 6.54 Å². The molecule has 0 saturated heterocycles. The third-order valence-electron chi connectivity index (χ3n) is 2.87. The molecule has 0 aliphatic carbocycles. The Kier molecular flexibility index (Phi) is 6.90. The van der Waals surface area contributed by atoms with Crippen molar-refractivity contribution in [2.24, 2.45) is 0 Å². The summed E-state index contributed by atoms with van der Waals surface area (Å²) in [4.78, 5) is 2.38. The molecule has 0 amide bonds. The lowest BCUT2D eigenvalue weighted by Crippen LogP contribution is -2.28. The van der Waals surface area contributed by atoms with E-state index in [4.69, 9.17) is 10.00 Å². The van der Waals surface area contributed by atoms with Crippen LogP contribution in [0.1, 0.15) is 25.8 Å². The van der Waals surface area contributed by atoms with E-state index in [1.54, 1.807) is 0 Å². The van der Waals surface area contributed by atoms with Crippen molar-refractivity contribution < 1.29 is 4.74 Å². The first-order chi connectivity index (χ1) is 8.80. The first kappa shape index (κ1) is 14.5. The molecule has 0 aliphatic heterocycles. The third kappa shape index (κ3) is 5.20. The zero-order valence-corrected chi connectivity index (χ0v) is 11.4. The highest BCUT2D eigenvalue weighted by molar-refractivity contribution is 5.28. The lowest BCUT2D eigenvalue weighted by molar-refractivity contribution is 0.216. The fraction of sp³-hybridized carbons (Fsp3) is 0.533. The fourth-order valence-electron chi connectivity index (χ4n) is 1.83. The van der Waals surface area contributed by atoms with Gasteiger partial charge in [-0.1, -0.05) is 26.0 Å². The highest BCUT2D eigenvalue weighted by Gasteiger charge is 2.01.